The fraction of sp³-hybridized carbons (Fsp3) is 0.120. The summed E-state index contributed by atoms with van der Waals surface area (Å²) in [7, 11) is 0. The van der Waals surface area contributed by atoms with E-state index in [4.69, 9.17) is 0 Å². The number of hydrogen-bond donors (Lipinski definition) is 3. The minimum atomic E-state index is -0.486. The number of aromatic nitrogens is 2. The smallest absolute Gasteiger partial charge is 0.324 e. The molecule has 0 spiro atoms. The van der Waals surface area contributed by atoms with Crippen molar-refractivity contribution in [2.24, 2.45) is 0 Å². The third kappa shape index (κ3) is 4.41. The number of phenols is 1. The van der Waals surface area contributed by atoms with Crippen LogP contribution in [-0.2, 0) is 0 Å². The van der Waals surface area contributed by atoms with Crippen molar-refractivity contribution in [1.29, 1.82) is 0 Å². The second-order valence-corrected chi connectivity index (χ2v) is 7.63. The number of rotatable bonds is 4. The third-order valence-electron chi connectivity index (χ3n) is 5.14. The Morgan fingerprint density at radius 3 is 2.34 bits per heavy atom. The molecule has 1 heterocycles. The maximum absolute atomic E-state index is 12.4. The summed E-state index contributed by atoms with van der Waals surface area (Å²) in [6.07, 6.45) is 1.49. The van der Waals surface area contributed by atoms with Gasteiger partial charge < -0.3 is 10.4 Å². The normalized spacial score (nSPS) is 10.7. The van der Waals surface area contributed by atoms with Gasteiger partial charge in [-0.2, -0.15) is 0 Å². The minimum absolute atomic E-state index is 0.0794. The summed E-state index contributed by atoms with van der Waals surface area (Å²) in [6, 6.07) is 15.8. The van der Waals surface area contributed by atoms with Crippen LogP contribution < -0.4 is 10.6 Å². The van der Waals surface area contributed by atoms with Crippen LogP contribution in [0, 0.1) is 13.8 Å². The molecule has 2 amide bonds. The van der Waals surface area contributed by atoms with Gasteiger partial charge in [0.2, 0.25) is 0 Å². The van der Waals surface area contributed by atoms with E-state index in [1.165, 1.54) is 13.1 Å². The molecule has 160 valence electrons. The number of carbonyl (C=O) groups is 2. The monoisotopic (exact) mass is 426 g/mol. The van der Waals surface area contributed by atoms with E-state index >= 15 is 0 Å². The Morgan fingerprint density at radius 1 is 0.875 bits per heavy atom. The lowest BCUT2D eigenvalue weighted by Gasteiger charge is -2.10. The zero-order valence-corrected chi connectivity index (χ0v) is 17.9. The zero-order chi connectivity index (χ0) is 22.8. The van der Waals surface area contributed by atoms with E-state index in [0.717, 1.165) is 22.3 Å². The van der Waals surface area contributed by atoms with Crippen molar-refractivity contribution < 1.29 is 14.7 Å². The van der Waals surface area contributed by atoms with Gasteiger partial charge in [0.15, 0.2) is 11.6 Å². The van der Waals surface area contributed by atoms with Gasteiger partial charge in [0.1, 0.15) is 5.75 Å². The second-order valence-electron chi connectivity index (χ2n) is 7.63. The van der Waals surface area contributed by atoms with Gasteiger partial charge in [0.25, 0.3) is 0 Å². The number of amides is 2. The maximum atomic E-state index is 12.4. The average Bonchev–Trinajstić information content (AvgIpc) is 2.76. The molecule has 0 aliphatic carbocycles. The number of anilines is 2. The lowest BCUT2D eigenvalue weighted by molar-refractivity contribution is 0.101. The molecular formula is C25H22N4O3. The Hall–Kier alpha value is -4.26. The maximum Gasteiger partial charge on any atom is 0.324 e. The number of Topliss-reactive ketones (excluding diaryl/α,β-unsaturated/α-hetero) is 1. The highest BCUT2D eigenvalue weighted by Gasteiger charge is 2.10. The number of benzene rings is 3. The summed E-state index contributed by atoms with van der Waals surface area (Å²) >= 11 is 0. The lowest BCUT2D eigenvalue weighted by atomic mass is 9.99. The van der Waals surface area contributed by atoms with Gasteiger partial charge in [0.05, 0.1) is 17.2 Å². The highest BCUT2D eigenvalue weighted by atomic mass is 16.3. The first-order valence-corrected chi connectivity index (χ1v) is 10.1. The Labute approximate surface area is 185 Å². The second kappa shape index (κ2) is 8.47. The number of aromatic hydroxyl groups is 1. The van der Waals surface area contributed by atoms with Crippen LogP contribution in [0.25, 0.3) is 22.2 Å². The van der Waals surface area contributed by atoms with E-state index in [1.807, 2.05) is 44.2 Å². The molecular weight excluding hydrogens is 404 g/mol. The van der Waals surface area contributed by atoms with Gasteiger partial charge in [-0.05, 0) is 79.4 Å². The van der Waals surface area contributed by atoms with Crippen molar-refractivity contribution >= 4 is 34.4 Å². The van der Waals surface area contributed by atoms with Gasteiger partial charge in [-0.25, -0.2) is 9.78 Å². The Balaban J connectivity index is 1.57. The van der Waals surface area contributed by atoms with Crippen LogP contribution in [0.2, 0.25) is 0 Å². The zero-order valence-electron chi connectivity index (χ0n) is 17.9. The van der Waals surface area contributed by atoms with Crippen LogP contribution in [0.15, 0.2) is 60.8 Å². The van der Waals surface area contributed by atoms with E-state index in [2.05, 4.69) is 20.6 Å². The number of nitrogens with one attached hydrogen (secondary N) is 2. The van der Waals surface area contributed by atoms with Crippen molar-refractivity contribution in [3.8, 4) is 16.9 Å². The van der Waals surface area contributed by atoms with Crippen LogP contribution in [0.3, 0.4) is 0 Å². The number of urea groups is 1. The van der Waals surface area contributed by atoms with Gasteiger partial charge in [-0.1, -0.05) is 18.2 Å². The quantitative estimate of drug-likeness (QED) is 0.376. The standard InChI is InChI=1S/C25H22N4O3/c1-14-9-19(10-15(2)24(14)31)18-7-8-21-22(12-18)28-23(13-26-21)29-25(32)27-20-6-4-5-17(11-20)16(3)30/h4-13,31H,1-3H3,(H2,27,28,29,32). The Kier molecular flexibility index (Phi) is 5.55. The number of ketones is 1. The Morgan fingerprint density at radius 2 is 1.62 bits per heavy atom. The predicted molar refractivity (Wildman–Crippen MR) is 125 cm³/mol. The van der Waals surface area contributed by atoms with E-state index in [-0.39, 0.29) is 5.78 Å². The number of carbonyl (C=O) groups excluding carboxylic acids is 2. The van der Waals surface area contributed by atoms with E-state index in [9.17, 15) is 14.7 Å². The van der Waals surface area contributed by atoms with Crippen molar-refractivity contribution in [3.05, 3.63) is 77.5 Å². The molecule has 1 aromatic heterocycles. The minimum Gasteiger partial charge on any atom is -0.507 e. The third-order valence-corrected chi connectivity index (χ3v) is 5.14. The molecule has 32 heavy (non-hydrogen) atoms. The topological polar surface area (TPSA) is 104 Å². The average molecular weight is 426 g/mol. The SMILES string of the molecule is CC(=O)c1cccc(NC(=O)Nc2cnc3ccc(-c4cc(C)c(O)c(C)c4)cc3n2)c1. The highest BCUT2D eigenvalue weighted by Crippen LogP contribution is 2.30. The summed E-state index contributed by atoms with van der Waals surface area (Å²) in [4.78, 5) is 32.8. The highest BCUT2D eigenvalue weighted by molar-refractivity contribution is 6.01. The van der Waals surface area contributed by atoms with E-state index in [1.54, 1.807) is 24.3 Å². The molecule has 3 aromatic carbocycles. The van der Waals surface area contributed by atoms with Crippen molar-refractivity contribution in [2.75, 3.05) is 10.6 Å². The van der Waals surface area contributed by atoms with Crippen molar-refractivity contribution in [3.63, 3.8) is 0 Å². The van der Waals surface area contributed by atoms with Crippen molar-refractivity contribution in [1.82, 2.24) is 9.97 Å². The summed E-state index contributed by atoms with van der Waals surface area (Å²) < 4.78 is 0. The first kappa shape index (κ1) is 21.0. The Bertz CT molecular complexity index is 1340. The fourth-order valence-corrected chi connectivity index (χ4v) is 3.47. The molecule has 0 saturated heterocycles. The van der Waals surface area contributed by atoms with Crippen LogP contribution in [0.4, 0.5) is 16.3 Å². The van der Waals surface area contributed by atoms with Crippen molar-refractivity contribution in [2.45, 2.75) is 20.8 Å². The van der Waals surface area contributed by atoms with E-state index in [0.29, 0.717) is 33.9 Å². The summed E-state index contributed by atoms with van der Waals surface area (Å²) in [5.41, 5.74) is 5.83. The van der Waals surface area contributed by atoms with Gasteiger partial charge >= 0.3 is 6.03 Å². The number of aryl methyl sites for hydroxylation is 2. The van der Waals surface area contributed by atoms with Crippen LogP contribution in [0.1, 0.15) is 28.4 Å². The molecule has 0 atom stereocenters. The van der Waals surface area contributed by atoms with Gasteiger partial charge in [0, 0.05) is 11.3 Å². The number of fused-ring (bicyclic) bond motifs is 1. The predicted octanol–water partition coefficient (Wildman–Crippen LogP) is 5.47. The molecule has 0 aliphatic rings. The molecule has 0 aliphatic heterocycles. The molecule has 4 rings (SSSR count). The van der Waals surface area contributed by atoms with E-state index < -0.39 is 6.03 Å². The molecule has 7 heteroatoms. The van der Waals surface area contributed by atoms with Crippen LogP contribution in [-0.4, -0.2) is 26.9 Å². The molecule has 4 aromatic rings. The number of phenolic OH excluding ortho intramolecular Hbond substituents is 1. The summed E-state index contributed by atoms with van der Waals surface area (Å²) in [5.74, 6) is 0.512. The van der Waals surface area contributed by atoms with Gasteiger partial charge in [-0.15, -0.1) is 0 Å². The largest absolute Gasteiger partial charge is 0.507 e. The first-order valence-electron chi connectivity index (χ1n) is 10.1. The lowest BCUT2D eigenvalue weighted by Crippen LogP contribution is -2.20. The molecule has 0 bridgehead atoms. The molecule has 3 N–H and O–H groups in total. The van der Waals surface area contributed by atoms with Crippen LogP contribution >= 0.6 is 0 Å². The summed E-state index contributed by atoms with van der Waals surface area (Å²) in [6.45, 7) is 5.19. The molecule has 0 unspecified atom stereocenters. The summed E-state index contributed by atoms with van der Waals surface area (Å²) in [5, 5.41) is 15.4. The first-order chi connectivity index (χ1) is 15.3. The fourth-order valence-electron chi connectivity index (χ4n) is 3.47. The molecule has 0 radical (unpaired) electrons. The number of nitrogens with zero attached hydrogens (tertiary/aromatic N) is 2. The van der Waals surface area contributed by atoms with Gasteiger partial charge in [-0.3, -0.25) is 15.1 Å². The molecule has 0 fully saturated rings. The molecule has 0 saturated carbocycles. The number of hydrogen-bond acceptors (Lipinski definition) is 5. The van der Waals surface area contributed by atoms with Crippen LogP contribution in [0.5, 0.6) is 5.75 Å². The molecule has 7 nitrogen and oxygen atoms in total.